The molecule has 1 atom stereocenters. The van der Waals surface area contributed by atoms with Crippen LogP contribution in [-0.2, 0) is 0 Å². The van der Waals surface area contributed by atoms with Gasteiger partial charge in [0.25, 0.3) is 0 Å². The third-order valence-electron chi connectivity index (χ3n) is 5.15. The minimum atomic E-state index is 0. The van der Waals surface area contributed by atoms with Crippen LogP contribution in [0.3, 0.4) is 0 Å². The summed E-state index contributed by atoms with van der Waals surface area (Å²) >= 11 is 0. The van der Waals surface area contributed by atoms with Gasteiger partial charge in [0.05, 0.1) is 6.61 Å². The molecule has 0 aromatic heterocycles. The maximum atomic E-state index is 5.74. The van der Waals surface area contributed by atoms with E-state index in [0.717, 1.165) is 31.4 Å². The fourth-order valence-electron chi connectivity index (χ4n) is 4.15. The molecule has 0 amide bonds. The van der Waals surface area contributed by atoms with Gasteiger partial charge in [0.15, 0.2) is 0 Å². The van der Waals surface area contributed by atoms with Crippen LogP contribution in [0.2, 0.25) is 0 Å². The average molecular weight is 375 g/mol. The van der Waals surface area contributed by atoms with Crippen LogP contribution in [0.5, 0.6) is 5.75 Å². The largest absolute Gasteiger partial charge is 0.494 e. The quantitative estimate of drug-likeness (QED) is 0.823. The van der Waals surface area contributed by atoms with Crippen LogP contribution in [0, 0.1) is 5.92 Å². The maximum Gasteiger partial charge on any atom is 0.119 e. The van der Waals surface area contributed by atoms with E-state index in [0.29, 0.717) is 6.04 Å². The Kier molecular flexibility index (Phi) is 10.1. The third kappa shape index (κ3) is 5.52. The lowest BCUT2D eigenvalue weighted by Gasteiger charge is -2.41. The Bertz CT molecular complexity index is 442. The van der Waals surface area contributed by atoms with Crippen molar-refractivity contribution in [3.8, 4) is 5.75 Å². The number of piperazine rings is 1. The molecule has 1 aromatic carbocycles. The number of nitrogens with zero attached hydrogens (tertiary/aromatic N) is 1. The Hall–Kier alpha value is -0.480. The van der Waals surface area contributed by atoms with Crippen molar-refractivity contribution in [1.82, 2.24) is 10.2 Å². The zero-order chi connectivity index (χ0) is 15.2. The van der Waals surface area contributed by atoms with E-state index in [1.165, 1.54) is 50.8 Å². The number of hydrogen-bond donors (Lipinski definition) is 1. The zero-order valence-electron chi connectivity index (χ0n) is 14.7. The Balaban J connectivity index is 0.00000144. The first-order valence-corrected chi connectivity index (χ1v) is 9.06. The Morgan fingerprint density at radius 2 is 1.83 bits per heavy atom. The van der Waals surface area contributed by atoms with Gasteiger partial charge in [-0.25, -0.2) is 0 Å². The van der Waals surface area contributed by atoms with Crippen LogP contribution >= 0.6 is 24.8 Å². The highest BCUT2D eigenvalue weighted by Crippen LogP contribution is 2.39. The predicted molar refractivity (Wildman–Crippen MR) is 106 cm³/mol. The molecule has 1 aromatic rings. The van der Waals surface area contributed by atoms with Crippen LogP contribution in [0.1, 0.15) is 50.6 Å². The molecule has 1 heterocycles. The van der Waals surface area contributed by atoms with E-state index in [4.69, 9.17) is 4.74 Å². The molecule has 1 N–H and O–H groups in total. The van der Waals surface area contributed by atoms with Gasteiger partial charge < -0.3 is 10.1 Å². The van der Waals surface area contributed by atoms with Gasteiger partial charge >= 0.3 is 0 Å². The molecule has 2 aliphatic rings. The molecule has 3 nitrogen and oxygen atoms in total. The summed E-state index contributed by atoms with van der Waals surface area (Å²) in [7, 11) is 0. The molecule has 24 heavy (non-hydrogen) atoms. The monoisotopic (exact) mass is 374 g/mol. The van der Waals surface area contributed by atoms with E-state index in [9.17, 15) is 0 Å². The Morgan fingerprint density at radius 3 is 2.50 bits per heavy atom. The SMILES string of the molecule is CCOc1cccc([C@@H](C2CCCCC2)N2CCNCC2)c1.Cl.Cl. The molecule has 1 saturated carbocycles. The van der Waals surface area contributed by atoms with Gasteiger partial charge in [-0.2, -0.15) is 0 Å². The van der Waals surface area contributed by atoms with E-state index >= 15 is 0 Å². The first-order valence-electron chi connectivity index (χ1n) is 9.06. The molecule has 138 valence electrons. The third-order valence-corrected chi connectivity index (χ3v) is 5.15. The first-order chi connectivity index (χ1) is 10.9. The smallest absolute Gasteiger partial charge is 0.119 e. The van der Waals surface area contributed by atoms with Crippen molar-refractivity contribution in [2.75, 3.05) is 32.8 Å². The molecular formula is C19H32Cl2N2O. The van der Waals surface area contributed by atoms with Crippen molar-refractivity contribution in [1.29, 1.82) is 0 Å². The second-order valence-corrected chi connectivity index (χ2v) is 6.63. The van der Waals surface area contributed by atoms with E-state index in [1.807, 2.05) is 0 Å². The first kappa shape index (κ1) is 21.6. The second kappa shape index (κ2) is 11.2. The lowest BCUT2D eigenvalue weighted by atomic mass is 9.80. The topological polar surface area (TPSA) is 24.5 Å². The summed E-state index contributed by atoms with van der Waals surface area (Å²) in [4.78, 5) is 2.71. The molecule has 0 bridgehead atoms. The van der Waals surface area contributed by atoms with E-state index < -0.39 is 0 Å². The van der Waals surface area contributed by atoms with Crippen molar-refractivity contribution in [2.24, 2.45) is 5.92 Å². The van der Waals surface area contributed by atoms with Gasteiger partial charge in [0.1, 0.15) is 5.75 Å². The summed E-state index contributed by atoms with van der Waals surface area (Å²) < 4.78 is 5.74. The summed E-state index contributed by atoms with van der Waals surface area (Å²) in [5, 5.41) is 3.49. The van der Waals surface area contributed by atoms with E-state index in [2.05, 4.69) is 41.4 Å². The van der Waals surface area contributed by atoms with Gasteiger partial charge in [-0.05, 0) is 43.4 Å². The maximum absolute atomic E-state index is 5.74. The predicted octanol–water partition coefficient (Wildman–Crippen LogP) is 4.46. The molecule has 0 unspecified atom stereocenters. The standard InChI is InChI=1S/C19H30N2O.2ClH/c1-2-22-18-10-6-9-17(15-18)19(16-7-4-3-5-8-16)21-13-11-20-12-14-21;;/h6,9-10,15-16,19-20H,2-5,7-8,11-14H2,1H3;2*1H/t19-;;/m1../s1. The highest BCUT2D eigenvalue weighted by Gasteiger charge is 2.31. The molecule has 2 fully saturated rings. The summed E-state index contributed by atoms with van der Waals surface area (Å²) in [5.41, 5.74) is 1.46. The molecule has 3 rings (SSSR count). The number of hydrogen-bond acceptors (Lipinski definition) is 3. The minimum absolute atomic E-state index is 0. The Labute approximate surface area is 159 Å². The number of rotatable bonds is 5. The summed E-state index contributed by atoms with van der Waals surface area (Å²) in [6.07, 6.45) is 6.99. The van der Waals surface area contributed by atoms with Crippen molar-refractivity contribution in [3.05, 3.63) is 29.8 Å². The van der Waals surface area contributed by atoms with Gasteiger partial charge in [-0.15, -0.1) is 24.8 Å². The minimum Gasteiger partial charge on any atom is -0.494 e. The number of ether oxygens (including phenoxy) is 1. The van der Waals surface area contributed by atoms with Crippen LogP contribution < -0.4 is 10.1 Å². The molecule has 1 saturated heterocycles. The fraction of sp³-hybridized carbons (Fsp3) is 0.684. The highest BCUT2D eigenvalue weighted by molar-refractivity contribution is 5.85. The molecular weight excluding hydrogens is 343 g/mol. The normalized spacial score (nSPS) is 20.5. The molecule has 0 spiro atoms. The van der Waals surface area contributed by atoms with Gasteiger partial charge in [0.2, 0.25) is 0 Å². The Morgan fingerprint density at radius 1 is 1.12 bits per heavy atom. The summed E-state index contributed by atoms with van der Waals surface area (Å²) in [5.74, 6) is 1.83. The summed E-state index contributed by atoms with van der Waals surface area (Å²) in [6.45, 7) is 7.37. The highest BCUT2D eigenvalue weighted by atomic mass is 35.5. The van der Waals surface area contributed by atoms with Gasteiger partial charge in [-0.3, -0.25) is 4.90 Å². The summed E-state index contributed by atoms with van der Waals surface area (Å²) in [6, 6.07) is 9.41. The number of halogens is 2. The average Bonchev–Trinajstić information content (AvgIpc) is 2.58. The van der Waals surface area contributed by atoms with Crippen LogP contribution in [-0.4, -0.2) is 37.7 Å². The van der Waals surface area contributed by atoms with Crippen molar-refractivity contribution in [3.63, 3.8) is 0 Å². The lowest BCUT2D eigenvalue weighted by molar-refractivity contribution is 0.103. The van der Waals surface area contributed by atoms with Crippen LogP contribution in [0.15, 0.2) is 24.3 Å². The van der Waals surface area contributed by atoms with Crippen LogP contribution in [0.25, 0.3) is 0 Å². The number of benzene rings is 1. The van der Waals surface area contributed by atoms with Gasteiger partial charge in [0, 0.05) is 32.2 Å². The van der Waals surface area contributed by atoms with Gasteiger partial charge in [-0.1, -0.05) is 31.4 Å². The van der Waals surface area contributed by atoms with Crippen molar-refractivity contribution >= 4 is 24.8 Å². The van der Waals surface area contributed by atoms with E-state index in [-0.39, 0.29) is 24.8 Å². The fourth-order valence-corrected chi connectivity index (χ4v) is 4.15. The van der Waals surface area contributed by atoms with Crippen molar-refractivity contribution in [2.45, 2.75) is 45.1 Å². The van der Waals surface area contributed by atoms with E-state index in [1.54, 1.807) is 0 Å². The van der Waals surface area contributed by atoms with Crippen LogP contribution in [0.4, 0.5) is 0 Å². The molecule has 1 aliphatic carbocycles. The molecule has 5 heteroatoms. The second-order valence-electron chi connectivity index (χ2n) is 6.63. The van der Waals surface area contributed by atoms with Crippen molar-refractivity contribution < 1.29 is 4.74 Å². The number of nitrogens with one attached hydrogen (secondary N) is 1. The lowest BCUT2D eigenvalue weighted by Crippen LogP contribution is -2.47. The molecule has 0 radical (unpaired) electrons. The zero-order valence-corrected chi connectivity index (χ0v) is 16.3. The molecule has 1 aliphatic heterocycles.